The normalized spacial score (nSPS) is 12.4. The van der Waals surface area contributed by atoms with E-state index in [4.69, 9.17) is 0 Å². The summed E-state index contributed by atoms with van der Waals surface area (Å²) < 4.78 is 0. The Balaban J connectivity index is 2.09. The molecular weight excluding hydrogens is 190 g/mol. The summed E-state index contributed by atoms with van der Waals surface area (Å²) in [7, 11) is 0. The van der Waals surface area contributed by atoms with Crippen LogP contribution < -0.4 is 5.32 Å². The number of hydrogen-bond donors (Lipinski definition) is 2. The molecule has 15 heavy (non-hydrogen) atoms. The Morgan fingerprint density at radius 1 is 1.40 bits per heavy atom. The van der Waals surface area contributed by atoms with E-state index >= 15 is 0 Å². The van der Waals surface area contributed by atoms with Crippen LogP contribution in [0.15, 0.2) is 24.7 Å². The Hall–Kier alpha value is -1.91. The first-order valence-corrected chi connectivity index (χ1v) is 4.80. The van der Waals surface area contributed by atoms with Crippen molar-refractivity contribution in [3.8, 4) is 0 Å². The van der Waals surface area contributed by atoms with Crippen LogP contribution in [0.3, 0.4) is 0 Å². The Bertz CT molecular complexity index is 423. The number of nitrogens with zero attached hydrogens (tertiary/aromatic N) is 3. The molecule has 0 aliphatic heterocycles. The SMILES string of the molecule is Cc1cc(NC(C)c2ncn[nH]2)ccn1. The van der Waals surface area contributed by atoms with Crippen LogP contribution in [0.5, 0.6) is 0 Å². The number of aromatic amines is 1. The topological polar surface area (TPSA) is 66.5 Å². The van der Waals surface area contributed by atoms with Crippen molar-refractivity contribution in [2.75, 3.05) is 5.32 Å². The minimum absolute atomic E-state index is 0.106. The Morgan fingerprint density at radius 2 is 2.27 bits per heavy atom. The molecule has 2 aromatic heterocycles. The highest BCUT2D eigenvalue weighted by Gasteiger charge is 2.07. The van der Waals surface area contributed by atoms with Gasteiger partial charge in [0.05, 0.1) is 6.04 Å². The van der Waals surface area contributed by atoms with Crippen LogP contribution in [-0.2, 0) is 0 Å². The summed E-state index contributed by atoms with van der Waals surface area (Å²) in [4.78, 5) is 8.22. The van der Waals surface area contributed by atoms with Crippen LogP contribution in [0.4, 0.5) is 5.69 Å². The highest BCUT2D eigenvalue weighted by molar-refractivity contribution is 5.44. The highest BCUT2D eigenvalue weighted by atomic mass is 15.2. The lowest BCUT2D eigenvalue weighted by molar-refractivity contribution is 0.795. The monoisotopic (exact) mass is 203 g/mol. The van der Waals surface area contributed by atoms with Crippen molar-refractivity contribution >= 4 is 5.69 Å². The standard InChI is InChI=1S/C10H13N5/c1-7-5-9(3-4-11-7)14-8(2)10-12-6-13-15-10/h3-6,8H,1-2H3,(H,11,14)(H,12,13,15). The summed E-state index contributed by atoms with van der Waals surface area (Å²) in [5.41, 5.74) is 2.02. The summed E-state index contributed by atoms with van der Waals surface area (Å²) in [6.07, 6.45) is 3.29. The zero-order chi connectivity index (χ0) is 10.7. The van der Waals surface area contributed by atoms with E-state index in [1.807, 2.05) is 26.0 Å². The molecule has 2 rings (SSSR count). The van der Waals surface area contributed by atoms with Crippen molar-refractivity contribution < 1.29 is 0 Å². The average Bonchev–Trinajstić information content (AvgIpc) is 2.70. The first-order valence-electron chi connectivity index (χ1n) is 4.80. The first kappa shape index (κ1) is 9.64. The molecule has 0 radical (unpaired) electrons. The van der Waals surface area contributed by atoms with E-state index in [9.17, 15) is 0 Å². The van der Waals surface area contributed by atoms with Gasteiger partial charge in [0.2, 0.25) is 0 Å². The van der Waals surface area contributed by atoms with Crippen LogP contribution in [0.2, 0.25) is 0 Å². The van der Waals surface area contributed by atoms with Gasteiger partial charge in [-0.15, -0.1) is 0 Å². The minimum Gasteiger partial charge on any atom is -0.375 e. The van der Waals surface area contributed by atoms with Gasteiger partial charge in [-0.05, 0) is 26.0 Å². The highest BCUT2D eigenvalue weighted by Crippen LogP contribution is 2.15. The van der Waals surface area contributed by atoms with Gasteiger partial charge in [-0.25, -0.2) is 4.98 Å². The number of aromatic nitrogens is 4. The molecule has 2 heterocycles. The molecule has 0 spiro atoms. The molecule has 0 amide bonds. The second-order valence-corrected chi connectivity index (χ2v) is 3.42. The van der Waals surface area contributed by atoms with Crippen LogP contribution in [0, 0.1) is 6.92 Å². The zero-order valence-corrected chi connectivity index (χ0v) is 8.73. The number of aryl methyl sites for hydroxylation is 1. The van der Waals surface area contributed by atoms with E-state index in [0.717, 1.165) is 17.2 Å². The zero-order valence-electron chi connectivity index (χ0n) is 8.73. The number of nitrogens with one attached hydrogen (secondary N) is 2. The predicted molar refractivity (Wildman–Crippen MR) is 57.4 cm³/mol. The number of hydrogen-bond acceptors (Lipinski definition) is 4. The summed E-state index contributed by atoms with van der Waals surface area (Å²) in [5, 5.41) is 9.96. The third kappa shape index (κ3) is 2.31. The quantitative estimate of drug-likeness (QED) is 0.796. The molecule has 5 nitrogen and oxygen atoms in total. The van der Waals surface area contributed by atoms with Crippen molar-refractivity contribution in [3.63, 3.8) is 0 Å². The van der Waals surface area contributed by atoms with E-state index in [-0.39, 0.29) is 6.04 Å². The number of H-pyrrole nitrogens is 1. The largest absolute Gasteiger partial charge is 0.375 e. The molecule has 0 fully saturated rings. The molecular formula is C10H13N5. The maximum Gasteiger partial charge on any atom is 0.146 e. The van der Waals surface area contributed by atoms with Gasteiger partial charge in [0.15, 0.2) is 0 Å². The molecule has 0 aromatic carbocycles. The van der Waals surface area contributed by atoms with Crippen molar-refractivity contribution in [1.82, 2.24) is 20.2 Å². The van der Waals surface area contributed by atoms with Crippen LogP contribution in [0.1, 0.15) is 24.5 Å². The van der Waals surface area contributed by atoms with Crippen molar-refractivity contribution in [3.05, 3.63) is 36.2 Å². The molecule has 2 N–H and O–H groups in total. The second-order valence-electron chi connectivity index (χ2n) is 3.42. The van der Waals surface area contributed by atoms with E-state index in [1.165, 1.54) is 6.33 Å². The molecule has 0 bridgehead atoms. The smallest absolute Gasteiger partial charge is 0.146 e. The van der Waals surface area contributed by atoms with Gasteiger partial charge in [0.25, 0.3) is 0 Å². The number of pyridine rings is 1. The summed E-state index contributed by atoms with van der Waals surface area (Å²) in [6.45, 7) is 3.99. The fourth-order valence-corrected chi connectivity index (χ4v) is 1.38. The Morgan fingerprint density at radius 3 is 2.93 bits per heavy atom. The third-order valence-electron chi connectivity index (χ3n) is 2.12. The molecule has 78 valence electrons. The Kier molecular flexibility index (Phi) is 2.62. The van der Waals surface area contributed by atoms with E-state index in [1.54, 1.807) is 6.20 Å². The second kappa shape index (κ2) is 4.08. The van der Waals surface area contributed by atoms with Crippen LogP contribution >= 0.6 is 0 Å². The molecule has 1 unspecified atom stereocenters. The van der Waals surface area contributed by atoms with Gasteiger partial charge in [0, 0.05) is 17.6 Å². The predicted octanol–water partition coefficient (Wildman–Crippen LogP) is 1.68. The van der Waals surface area contributed by atoms with Crippen LogP contribution in [0.25, 0.3) is 0 Å². The summed E-state index contributed by atoms with van der Waals surface area (Å²) in [5.74, 6) is 0.824. The molecule has 2 aromatic rings. The lowest BCUT2D eigenvalue weighted by Crippen LogP contribution is -2.08. The van der Waals surface area contributed by atoms with Gasteiger partial charge >= 0.3 is 0 Å². The summed E-state index contributed by atoms with van der Waals surface area (Å²) >= 11 is 0. The lowest BCUT2D eigenvalue weighted by atomic mass is 10.2. The van der Waals surface area contributed by atoms with Gasteiger partial charge < -0.3 is 5.32 Å². The van der Waals surface area contributed by atoms with Crippen LogP contribution in [-0.4, -0.2) is 20.2 Å². The van der Waals surface area contributed by atoms with E-state index < -0.39 is 0 Å². The van der Waals surface area contributed by atoms with Crippen molar-refractivity contribution in [2.45, 2.75) is 19.9 Å². The molecule has 1 atom stereocenters. The fraction of sp³-hybridized carbons (Fsp3) is 0.300. The molecule has 0 saturated carbocycles. The van der Waals surface area contributed by atoms with Gasteiger partial charge in [-0.1, -0.05) is 0 Å². The lowest BCUT2D eigenvalue weighted by Gasteiger charge is -2.12. The average molecular weight is 203 g/mol. The van der Waals surface area contributed by atoms with Crippen molar-refractivity contribution in [1.29, 1.82) is 0 Å². The Labute approximate surface area is 88.0 Å². The third-order valence-corrected chi connectivity index (χ3v) is 2.12. The molecule has 0 aliphatic carbocycles. The minimum atomic E-state index is 0.106. The molecule has 0 aliphatic rings. The van der Waals surface area contributed by atoms with E-state index in [2.05, 4.69) is 25.5 Å². The number of anilines is 1. The van der Waals surface area contributed by atoms with Gasteiger partial charge in [-0.3, -0.25) is 10.1 Å². The molecule has 0 saturated heterocycles. The maximum atomic E-state index is 4.13. The molecule has 5 heteroatoms. The maximum absolute atomic E-state index is 4.13. The van der Waals surface area contributed by atoms with Gasteiger partial charge in [-0.2, -0.15) is 5.10 Å². The van der Waals surface area contributed by atoms with Gasteiger partial charge in [0.1, 0.15) is 12.2 Å². The summed E-state index contributed by atoms with van der Waals surface area (Å²) in [6, 6.07) is 4.03. The van der Waals surface area contributed by atoms with Crippen molar-refractivity contribution in [2.24, 2.45) is 0 Å². The number of rotatable bonds is 3. The van der Waals surface area contributed by atoms with E-state index in [0.29, 0.717) is 0 Å². The fourth-order valence-electron chi connectivity index (χ4n) is 1.38. The first-order chi connectivity index (χ1) is 7.25.